The van der Waals surface area contributed by atoms with Gasteiger partial charge in [-0.1, -0.05) is 40.7 Å². The molecular weight excluding hydrogens is 390 g/mol. The molecule has 0 aliphatic heterocycles. The first kappa shape index (κ1) is 26.4. The Hall–Kier alpha value is -2.61. The summed E-state index contributed by atoms with van der Waals surface area (Å²) in [4.78, 5) is 17.2. The maximum absolute atomic E-state index is 12.6. The van der Waals surface area contributed by atoms with Crippen molar-refractivity contribution in [1.82, 2.24) is 24.3 Å². The van der Waals surface area contributed by atoms with E-state index in [0.717, 1.165) is 29.9 Å². The molecule has 31 heavy (non-hydrogen) atoms. The topological polar surface area (TPSA) is 108 Å². The molecule has 0 unspecified atom stereocenters. The number of likely N-dealkylation sites (N-methyl/N-ethyl adjacent to an activating group) is 1. The minimum absolute atomic E-state index is 0.163. The molecule has 1 saturated carbocycles. The molecule has 8 heteroatoms. The average Bonchev–Trinajstić information content (AvgIpc) is 3.57. The van der Waals surface area contributed by atoms with Gasteiger partial charge in [0.1, 0.15) is 5.82 Å². The third-order valence-electron chi connectivity index (χ3n) is 5.15. The summed E-state index contributed by atoms with van der Waals surface area (Å²) in [7, 11) is 3.47. The van der Waals surface area contributed by atoms with Gasteiger partial charge < -0.3 is 10.7 Å². The highest BCUT2D eigenvalue weighted by molar-refractivity contribution is 5.62. The van der Waals surface area contributed by atoms with Crippen LogP contribution in [0.15, 0.2) is 22.6 Å². The maximum Gasteiger partial charge on any atom is 0.346 e. The zero-order chi connectivity index (χ0) is 23.7. The van der Waals surface area contributed by atoms with Crippen molar-refractivity contribution in [2.75, 3.05) is 7.05 Å². The van der Waals surface area contributed by atoms with E-state index in [4.69, 9.17) is 11.6 Å². The lowest BCUT2D eigenvalue weighted by Crippen LogP contribution is -2.34. The second-order valence-electron chi connectivity index (χ2n) is 7.35. The fourth-order valence-corrected chi connectivity index (χ4v) is 3.15. The summed E-state index contributed by atoms with van der Waals surface area (Å²) in [6, 6.07) is 3.88. The lowest BCUT2D eigenvalue weighted by molar-refractivity contribution is 0.400. The van der Waals surface area contributed by atoms with E-state index in [-0.39, 0.29) is 12.2 Å². The van der Waals surface area contributed by atoms with Crippen molar-refractivity contribution >= 4 is 5.70 Å². The Labute approximate surface area is 186 Å². The van der Waals surface area contributed by atoms with Gasteiger partial charge in [-0.2, -0.15) is 5.10 Å². The van der Waals surface area contributed by atoms with Crippen molar-refractivity contribution in [2.24, 2.45) is 24.5 Å². The molecule has 2 heterocycles. The van der Waals surface area contributed by atoms with Crippen LogP contribution in [0.5, 0.6) is 0 Å². The molecule has 8 nitrogen and oxygen atoms in total. The SMILES string of the molecule is CC.CC.CCc1nc(/C(N)=C(\Cn2nc(CC3CC3)n(C)c2=O)N(C)N)ccc1C. The van der Waals surface area contributed by atoms with Crippen LogP contribution >= 0.6 is 0 Å². The Balaban J connectivity index is 0.00000113. The number of pyridine rings is 1. The first-order valence-corrected chi connectivity index (χ1v) is 11.4. The summed E-state index contributed by atoms with van der Waals surface area (Å²) < 4.78 is 3.04. The normalized spacial score (nSPS) is 13.5. The minimum Gasteiger partial charge on any atom is -0.395 e. The van der Waals surface area contributed by atoms with Gasteiger partial charge in [0.2, 0.25) is 0 Å². The van der Waals surface area contributed by atoms with E-state index < -0.39 is 0 Å². The van der Waals surface area contributed by atoms with E-state index >= 15 is 0 Å². The Morgan fingerprint density at radius 2 is 1.84 bits per heavy atom. The summed E-state index contributed by atoms with van der Waals surface area (Å²) in [6.45, 7) is 12.3. The number of aryl methyl sites for hydroxylation is 2. The summed E-state index contributed by atoms with van der Waals surface area (Å²) in [5.74, 6) is 7.49. The van der Waals surface area contributed by atoms with Crippen molar-refractivity contribution in [1.29, 1.82) is 0 Å². The van der Waals surface area contributed by atoms with Crippen molar-refractivity contribution in [3.63, 3.8) is 0 Å². The van der Waals surface area contributed by atoms with Crippen LogP contribution in [-0.2, 0) is 26.4 Å². The van der Waals surface area contributed by atoms with Crippen LogP contribution in [0.2, 0.25) is 0 Å². The number of rotatable bonds is 7. The van der Waals surface area contributed by atoms with Crippen LogP contribution in [0.25, 0.3) is 5.70 Å². The van der Waals surface area contributed by atoms with E-state index in [1.165, 1.54) is 22.5 Å². The lowest BCUT2D eigenvalue weighted by Gasteiger charge is -2.19. The van der Waals surface area contributed by atoms with Crippen LogP contribution in [0, 0.1) is 12.8 Å². The minimum atomic E-state index is -0.163. The van der Waals surface area contributed by atoms with Crippen molar-refractivity contribution in [3.8, 4) is 0 Å². The van der Waals surface area contributed by atoms with Crippen LogP contribution in [0.4, 0.5) is 0 Å². The van der Waals surface area contributed by atoms with Gasteiger partial charge in [0.05, 0.1) is 23.6 Å². The Morgan fingerprint density at radius 3 is 2.35 bits per heavy atom. The summed E-state index contributed by atoms with van der Waals surface area (Å²) in [6.07, 6.45) is 4.09. The second kappa shape index (κ2) is 12.3. The molecule has 2 aromatic rings. The highest BCUT2D eigenvalue weighted by Gasteiger charge is 2.25. The van der Waals surface area contributed by atoms with Crippen LogP contribution in [0.1, 0.15) is 70.2 Å². The summed E-state index contributed by atoms with van der Waals surface area (Å²) in [5, 5.41) is 5.95. The molecule has 0 spiro atoms. The highest BCUT2D eigenvalue weighted by Crippen LogP contribution is 2.31. The van der Waals surface area contributed by atoms with Gasteiger partial charge in [-0.05, 0) is 43.7 Å². The number of aromatic nitrogens is 4. The van der Waals surface area contributed by atoms with E-state index in [0.29, 0.717) is 23.0 Å². The Kier molecular flexibility index (Phi) is 10.5. The number of hydrogen-bond acceptors (Lipinski definition) is 6. The van der Waals surface area contributed by atoms with Gasteiger partial charge in [0, 0.05) is 26.2 Å². The molecule has 3 rings (SSSR count). The number of hydrazine groups is 1. The van der Waals surface area contributed by atoms with Crippen LogP contribution < -0.4 is 17.3 Å². The van der Waals surface area contributed by atoms with Crippen molar-refractivity contribution in [3.05, 3.63) is 51.1 Å². The van der Waals surface area contributed by atoms with Gasteiger partial charge in [-0.3, -0.25) is 9.55 Å². The molecule has 174 valence electrons. The Bertz CT molecular complexity index is 920. The van der Waals surface area contributed by atoms with Gasteiger partial charge in [-0.25, -0.2) is 15.3 Å². The second-order valence-corrected chi connectivity index (χ2v) is 7.35. The number of nitrogens with zero attached hydrogens (tertiary/aromatic N) is 5. The fraction of sp³-hybridized carbons (Fsp3) is 0.609. The number of nitrogens with two attached hydrogens (primary N) is 2. The van der Waals surface area contributed by atoms with Crippen molar-refractivity contribution < 1.29 is 0 Å². The number of allylic oxidation sites excluding steroid dienone is 1. The van der Waals surface area contributed by atoms with Gasteiger partial charge >= 0.3 is 5.69 Å². The van der Waals surface area contributed by atoms with E-state index in [1.807, 2.05) is 46.8 Å². The first-order chi connectivity index (χ1) is 14.8. The molecule has 0 atom stereocenters. The Morgan fingerprint density at radius 1 is 1.23 bits per heavy atom. The molecule has 1 aliphatic carbocycles. The first-order valence-electron chi connectivity index (χ1n) is 11.4. The lowest BCUT2D eigenvalue weighted by atomic mass is 10.1. The van der Waals surface area contributed by atoms with E-state index in [1.54, 1.807) is 18.7 Å². The molecule has 1 aliphatic rings. The van der Waals surface area contributed by atoms with Gasteiger partial charge in [0.15, 0.2) is 0 Å². The summed E-state index contributed by atoms with van der Waals surface area (Å²) >= 11 is 0. The predicted molar refractivity (Wildman–Crippen MR) is 128 cm³/mol. The number of hydrogen-bond donors (Lipinski definition) is 2. The molecule has 2 aromatic heterocycles. The van der Waals surface area contributed by atoms with Crippen LogP contribution in [-0.4, -0.2) is 31.4 Å². The molecular formula is C23H41N7O. The largest absolute Gasteiger partial charge is 0.395 e. The zero-order valence-electron chi connectivity index (χ0n) is 20.6. The van der Waals surface area contributed by atoms with Crippen molar-refractivity contribution in [2.45, 2.75) is 73.8 Å². The van der Waals surface area contributed by atoms with E-state index in [9.17, 15) is 4.79 Å². The van der Waals surface area contributed by atoms with Gasteiger partial charge in [-0.15, -0.1) is 0 Å². The highest BCUT2D eigenvalue weighted by atomic mass is 16.2. The molecule has 1 fully saturated rings. The monoisotopic (exact) mass is 431 g/mol. The smallest absolute Gasteiger partial charge is 0.346 e. The molecule has 0 radical (unpaired) electrons. The standard InChI is InChI=1S/C19H29N7O.2C2H6/c1-5-14-12(2)6-9-15(22-14)18(20)16(25(4)21)11-26-19(27)24(3)17(23-26)10-13-7-8-13;2*1-2/h6,9,13H,5,7-8,10-11,20-21H2,1-4H3;2*1-2H3/b18-16-;;. The molecule has 0 saturated heterocycles. The molecule has 0 bridgehead atoms. The summed E-state index contributed by atoms with van der Waals surface area (Å²) in [5.41, 5.74) is 10.1. The molecule has 0 amide bonds. The third kappa shape index (κ3) is 6.69. The maximum atomic E-state index is 12.6. The average molecular weight is 432 g/mol. The quantitative estimate of drug-likeness (QED) is 0.515. The molecule has 0 aromatic carbocycles. The molecule has 4 N–H and O–H groups in total. The van der Waals surface area contributed by atoms with Crippen LogP contribution in [0.3, 0.4) is 0 Å². The van der Waals surface area contributed by atoms with E-state index in [2.05, 4.69) is 17.0 Å². The predicted octanol–water partition coefficient (Wildman–Crippen LogP) is 2.99. The fourth-order valence-electron chi connectivity index (χ4n) is 3.15. The zero-order valence-corrected chi connectivity index (χ0v) is 20.6. The van der Waals surface area contributed by atoms with Gasteiger partial charge in [0.25, 0.3) is 0 Å². The third-order valence-corrected chi connectivity index (χ3v) is 5.15.